The number of nitrogens with two attached hydrogens (primary N) is 1. The van der Waals surface area contributed by atoms with Gasteiger partial charge >= 0.3 is 0 Å². The molecular formula is C8H15ClN4O2S. The van der Waals surface area contributed by atoms with E-state index in [9.17, 15) is 8.42 Å². The molecule has 0 saturated heterocycles. The molecule has 1 atom stereocenters. The Hall–Kier alpha value is -0.630. The minimum atomic E-state index is -3.48. The summed E-state index contributed by atoms with van der Waals surface area (Å²) in [6, 6.07) is -0.154. The van der Waals surface area contributed by atoms with Gasteiger partial charge in [-0.25, -0.2) is 18.1 Å². The van der Waals surface area contributed by atoms with Crippen LogP contribution in [0.2, 0.25) is 0 Å². The van der Waals surface area contributed by atoms with Crippen molar-refractivity contribution >= 4 is 22.4 Å². The number of nitrogens with zero attached hydrogens (tertiary/aromatic N) is 1. The van der Waals surface area contributed by atoms with Gasteiger partial charge < -0.3 is 10.7 Å². The zero-order valence-electron chi connectivity index (χ0n) is 8.59. The fourth-order valence-corrected chi connectivity index (χ4v) is 2.71. The van der Waals surface area contributed by atoms with Gasteiger partial charge in [-0.2, -0.15) is 0 Å². The molecule has 1 fully saturated rings. The summed E-state index contributed by atoms with van der Waals surface area (Å²) < 4.78 is 26.1. The third-order valence-corrected chi connectivity index (χ3v) is 3.93. The maximum Gasteiger partial charge on any atom is 0.257 e. The number of hydrogen-bond acceptors (Lipinski definition) is 4. The van der Waals surface area contributed by atoms with Gasteiger partial charge in [0.25, 0.3) is 10.0 Å². The van der Waals surface area contributed by atoms with Gasteiger partial charge in [-0.15, -0.1) is 12.4 Å². The summed E-state index contributed by atoms with van der Waals surface area (Å²) in [4.78, 5) is 6.24. The average molecular weight is 267 g/mol. The van der Waals surface area contributed by atoms with Crippen LogP contribution >= 0.6 is 12.4 Å². The van der Waals surface area contributed by atoms with Gasteiger partial charge in [0.05, 0.1) is 12.5 Å². The summed E-state index contributed by atoms with van der Waals surface area (Å²) in [6.45, 7) is 0.331. The maximum absolute atomic E-state index is 11.8. The van der Waals surface area contributed by atoms with E-state index in [2.05, 4.69) is 14.7 Å². The third-order valence-electron chi connectivity index (χ3n) is 2.51. The Bertz CT molecular complexity index is 415. The minimum Gasteiger partial charge on any atom is -0.335 e. The van der Waals surface area contributed by atoms with E-state index < -0.39 is 10.0 Å². The molecule has 0 spiro atoms. The Morgan fingerprint density at radius 1 is 1.62 bits per heavy atom. The molecule has 0 aliphatic heterocycles. The van der Waals surface area contributed by atoms with Gasteiger partial charge in [0.2, 0.25) is 0 Å². The SMILES string of the molecule is Cl.NCC(NS(=O)(=O)c1cnc[nH]1)C1CC1. The first-order chi connectivity index (χ1) is 7.13. The lowest BCUT2D eigenvalue weighted by molar-refractivity contribution is 0.517. The largest absolute Gasteiger partial charge is 0.335 e. The molecule has 8 heteroatoms. The molecule has 0 amide bonds. The predicted octanol–water partition coefficient (Wildman–Crippen LogP) is -0.153. The first-order valence-electron chi connectivity index (χ1n) is 4.84. The van der Waals surface area contributed by atoms with Crippen LogP contribution in [0.5, 0.6) is 0 Å². The van der Waals surface area contributed by atoms with E-state index in [-0.39, 0.29) is 23.5 Å². The highest BCUT2D eigenvalue weighted by Gasteiger charge is 2.33. The van der Waals surface area contributed by atoms with Gasteiger partial charge in [-0.05, 0) is 18.8 Å². The second-order valence-corrected chi connectivity index (χ2v) is 5.40. The molecule has 92 valence electrons. The van der Waals surface area contributed by atoms with Crippen molar-refractivity contribution in [3.05, 3.63) is 12.5 Å². The number of halogens is 1. The number of rotatable bonds is 5. The molecule has 2 rings (SSSR count). The Balaban J connectivity index is 0.00000128. The first-order valence-corrected chi connectivity index (χ1v) is 6.32. The highest BCUT2D eigenvalue weighted by atomic mass is 35.5. The monoisotopic (exact) mass is 266 g/mol. The summed E-state index contributed by atoms with van der Waals surface area (Å²) in [7, 11) is -3.48. The number of aromatic amines is 1. The van der Waals surface area contributed by atoms with Crippen molar-refractivity contribution in [3.63, 3.8) is 0 Å². The summed E-state index contributed by atoms with van der Waals surface area (Å²) in [6.07, 6.45) is 4.71. The molecule has 0 radical (unpaired) electrons. The molecule has 16 heavy (non-hydrogen) atoms. The lowest BCUT2D eigenvalue weighted by Crippen LogP contribution is -2.41. The van der Waals surface area contributed by atoms with Crippen molar-refractivity contribution in [2.24, 2.45) is 11.7 Å². The second-order valence-electron chi connectivity index (χ2n) is 3.72. The van der Waals surface area contributed by atoms with Crippen molar-refractivity contribution < 1.29 is 8.42 Å². The van der Waals surface area contributed by atoms with E-state index in [1.54, 1.807) is 0 Å². The van der Waals surface area contributed by atoms with Crippen LogP contribution in [0.4, 0.5) is 0 Å². The molecule has 1 unspecified atom stereocenters. The summed E-state index contributed by atoms with van der Waals surface area (Å²) in [5.41, 5.74) is 5.52. The molecule has 1 aromatic heterocycles. The topological polar surface area (TPSA) is 101 Å². The van der Waals surface area contributed by atoms with Crippen molar-refractivity contribution in [2.75, 3.05) is 6.54 Å². The molecule has 6 nitrogen and oxygen atoms in total. The minimum absolute atomic E-state index is 0. The van der Waals surface area contributed by atoms with Crippen LogP contribution in [0.15, 0.2) is 17.6 Å². The molecule has 0 bridgehead atoms. The third kappa shape index (κ3) is 2.94. The lowest BCUT2D eigenvalue weighted by atomic mass is 10.2. The Kier molecular flexibility index (Phi) is 4.31. The van der Waals surface area contributed by atoms with E-state index >= 15 is 0 Å². The van der Waals surface area contributed by atoms with E-state index in [4.69, 9.17) is 5.73 Å². The van der Waals surface area contributed by atoms with Crippen LogP contribution in [-0.2, 0) is 10.0 Å². The van der Waals surface area contributed by atoms with Crippen LogP contribution in [-0.4, -0.2) is 31.0 Å². The van der Waals surface area contributed by atoms with Crippen LogP contribution in [0, 0.1) is 5.92 Å². The molecule has 4 N–H and O–H groups in total. The molecule has 1 saturated carbocycles. The fraction of sp³-hybridized carbons (Fsp3) is 0.625. The Morgan fingerprint density at radius 3 is 2.75 bits per heavy atom. The van der Waals surface area contributed by atoms with Crippen LogP contribution < -0.4 is 10.5 Å². The standard InChI is InChI=1S/C8H14N4O2S.ClH/c9-3-7(6-1-2-6)12-15(13,14)8-4-10-5-11-8;/h4-7,12H,1-3,9H2,(H,10,11);1H. The number of hydrogen-bond donors (Lipinski definition) is 3. The molecule has 1 heterocycles. The van der Waals surface area contributed by atoms with Crippen molar-refractivity contribution in [2.45, 2.75) is 23.9 Å². The number of nitrogens with one attached hydrogen (secondary N) is 2. The maximum atomic E-state index is 11.8. The van der Waals surface area contributed by atoms with E-state index in [0.29, 0.717) is 12.5 Å². The first kappa shape index (κ1) is 13.4. The van der Waals surface area contributed by atoms with E-state index in [1.165, 1.54) is 12.5 Å². The molecular weight excluding hydrogens is 252 g/mol. The van der Waals surface area contributed by atoms with Gasteiger partial charge in [0, 0.05) is 12.6 Å². The van der Waals surface area contributed by atoms with Crippen molar-refractivity contribution in [1.29, 1.82) is 0 Å². The zero-order valence-corrected chi connectivity index (χ0v) is 10.2. The average Bonchev–Trinajstić information content (AvgIpc) is 2.88. The van der Waals surface area contributed by atoms with Gasteiger partial charge in [0.15, 0.2) is 5.03 Å². The smallest absolute Gasteiger partial charge is 0.257 e. The van der Waals surface area contributed by atoms with Crippen LogP contribution in [0.25, 0.3) is 0 Å². The van der Waals surface area contributed by atoms with Crippen molar-refractivity contribution in [1.82, 2.24) is 14.7 Å². The van der Waals surface area contributed by atoms with Gasteiger partial charge in [-0.3, -0.25) is 0 Å². The summed E-state index contributed by atoms with van der Waals surface area (Å²) in [5.74, 6) is 0.396. The second kappa shape index (κ2) is 5.13. The molecule has 1 aliphatic carbocycles. The van der Waals surface area contributed by atoms with Crippen molar-refractivity contribution in [3.8, 4) is 0 Å². The molecule has 1 aromatic rings. The fourth-order valence-electron chi connectivity index (χ4n) is 1.49. The zero-order chi connectivity index (χ0) is 10.9. The molecule has 0 aromatic carbocycles. The number of aromatic nitrogens is 2. The van der Waals surface area contributed by atoms with E-state index in [0.717, 1.165) is 12.8 Å². The highest BCUT2D eigenvalue weighted by molar-refractivity contribution is 7.89. The predicted molar refractivity (Wildman–Crippen MR) is 61.7 cm³/mol. The highest BCUT2D eigenvalue weighted by Crippen LogP contribution is 2.32. The number of sulfonamides is 1. The number of H-pyrrole nitrogens is 1. The van der Waals surface area contributed by atoms with Gasteiger partial charge in [-0.1, -0.05) is 0 Å². The molecule has 1 aliphatic rings. The van der Waals surface area contributed by atoms with Gasteiger partial charge in [0.1, 0.15) is 0 Å². The Morgan fingerprint density at radius 2 is 2.31 bits per heavy atom. The Labute approximate surface area is 100 Å². The normalized spacial score (nSPS) is 17.8. The van der Waals surface area contributed by atoms with Crippen LogP contribution in [0.3, 0.4) is 0 Å². The summed E-state index contributed by atoms with van der Waals surface area (Å²) in [5, 5.41) is 0.0848. The summed E-state index contributed by atoms with van der Waals surface area (Å²) >= 11 is 0. The van der Waals surface area contributed by atoms with E-state index in [1.807, 2.05) is 0 Å². The lowest BCUT2D eigenvalue weighted by Gasteiger charge is -2.14. The van der Waals surface area contributed by atoms with Crippen LogP contribution in [0.1, 0.15) is 12.8 Å². The quantitative estimate of drug-likeness (QED) is 0.690. The number of imidazole rings is 1.